The smallest absolute Gasteiger partial charge is 0.225 e. The molecule has 1 aliphatic rings. The quantitative estimate of drug-likeness (QED) is 0.714. The predicted octanol–water partition coefficient (Wildman–Crippen LogP) is 3.61. The molecule has 1 aliphatic heterocycles. The Kier molecular flexibility index (Phi) is 7.49. The number of benzene rings is 1. The van der Waals surface area contributed by atoms with E-state index in [1.54, 1.807) is 25.7 Å². The average molecular weight is 413 g/mol. The minimum atomic E-state index is -0.127. The van der Waals surface area contributed by atoms with Gasteiger partial charge in [-0.2, -0.15) is 0 Å². The molecule has 30 heavy (non-hydrogen) atoms. The fourth-order valence-corrected chi connectivity index (χ4v) is 3.60. The van der Waals surface area contributed by atoms with Gasteiger partial charge in [-0.1, -0.05) is 19.9 Å². The van der Waals surface area contributed by atoms with E-state index in [-0.39, 0.29) is 17.9 Å². The first-order valence-corrected chi connectivity index (χ1v) is 10.6. The molecule has 0 aliphatic carbocycles. The molecule has 0 radical (unpaired) electrons. The minimum absolute atomic E-state index is 0.0650. The second kappa shape index (κ2) is 10.3. The van der Waals surface area contributed by atoms with Gasteiger partial charge in [0.2, 0.25) is 5.91 Å². The van der Waals surface area contributed by atoms with Crippen LogP contribution in [-0.2, 0) is 4.79 Å². The van der Waals surface area contributed by atoms with Gasteiger partial charge in [0.05, 0.1) is 31.9 Å². The second-order valence-electron chi connectivity index (χ2n) is 8.19. The standard InChI is InChI=1S/C23H32N4O3/c1-16(2)15-30-20-8-7-18(12-21(20)29-4)17(3)26-23(28)19-6-5-11-27(14-19)22-13-24-9-10-25-22/h7-10,12-13,16-17,19H,5-6,11,14-15H2,1-4H3,(H,26,28). The topological polar surface area (TPSA) is 76.6 Å². The zero-order chi connectivity index (χ0) is 21.5. The van der Waals surface area contributed by atoms with Crippen molar-refractivity contribution in [3.8, 4) is 11.5 Å². The number of carbonyl (C=O) groups excluding carboxylic acids is 1. The molecule has 7 nitrogen and oxygen atoms in total. The van der Waals surface area contributed by atoms with Gasteiger partial charge < -0.3 is 19.7 Å². The van der Waals surface area contributed by atoms with E-state index in [2.05, 4.69) is 34.0 Å². The minimum Gasteiger partial charge on any atom is -0.493 e. The summed E-state index contributed by atoms with van der Waals surface area (Å²) in [5.74, 6) is 2.66. The Morgan fingerprint density at radius 1 is 1.27 bits per heavy atom. The third-order valence-electron chi connectivity index (χ3n) is 5.28. The Morgan fingerprint density at radius 3 is 2.80 bits per heavy atom. The first-order valence-electron chi connectivity index (χ1n) is 10.6. The normalized spacial score (nSPS) is 17.5. The molecule has 1 fully saturated rings. The van der Waals surface area contributed by atoms with Crippen LogP contribution < -0.4 is 19.7 Å². The Balaban J connectivity index is 1.62. The number of piperidine rings is 1. The fraction of sp³-hybridized carbons (Fsp3) is 0.522. The summed E-state index contributed by atoms with van der Waals surface area (Å²) in [5, 5.41) is 3.16. The van der Waals surface area contributed by atoms with E-state index in [0.29, 0.717) is 24.8 Å². The molecule has 162 valence electrons. The first kappa shape index (κ1) is 21.9. The van der Waals surface area contributed by atoms with Crippen molar-refractivity contribution in [2.45, 2.75) is 39.7 Å². The van der Waals surface area contributed by atoms with E-state index in [4.69, 9.17) is 9.47 Å². The highest BCUT2D eigenvalue weighted by Gasteiger charge is 2.27. The van der Waals surface area contributed by atoms with Gasteiger partial charge in [-0.3, -0.25) is 9.78 Å². The summed E-state index contributed by atoms with van der Waals surface area (Å²) in [6, 6.07) is 5.70. The maximum absolute atomic E-state index is 12.9. The highest BCUT2D eigenvalue weighted by atomic mass is 16.5. The maximum atomic E-state index is 12.9. The van der Waals surface area contributed by atoms with Gasteiger partial charge in [0.25, 0.3) is 0 Å². The van der Waals surface area contributed by atoms with Crippen LogP contribution in [0.2, 0.25) is 0 Å². The van der Waals surface area contributed by atoms with E-state index in [1.807, 2.05) is 25.1 Å². The SMILES string of the molecule is COc1cc(C(C)NC(=O)C2CCCN(c3cnccn3)C2)ccc1OCC(C)C. The van der Waals surface area contributed by atoms with E-state index >= 15 is 0 Å². The molecule has 3 rings (SSSR count). The Morgan fingerprint density at radius 2 is 2.10 bits per heavy atom. The van der Waals surface area contributed by atoms with Crippen molar-refractivity contribution in [1.29, 1.82) is 0 Å². The van der Waals surface area contributed by atoms with Crippen LogP contribution in [-0.4, -0.2) is 42.7 Å². The number of methoxy groups -OCH3 is 1. The third-order valence-corrected chi connectivity index (χ3v) is 5.28. The molecule has 2 unspecified atom stereocenters. The van der Waals surface area contributed by atoms with Crippen LogP contribution in [0, 0.1) is 11.8 Å². The lowest BCUT2D eigenvalue weighted by Gasteiger charge is -2.33. The number of hydrogen-bond acceptors (Lipinski definition) is 6. The van der Waals surface area contributed by atoms with Crippen molar-refractivity contribution < 1.29 is 14.3 Å². The van der Waals surface area contributed by atoms with Crippen LogP contribution in [0.25, 0.3) is 0 Å². The second-order valence-corrected chi connectivity index (χ2v) is 8.19. The summed E-state index contributed by atoms with van der Waals surface area (Å²) in [4.78, 5) is 23.6. The number of ether oxygens (including phenoxy) is 2. The molecule has 0 spiro atoms. The van der Waals surface area contributed by atoms with Crippen LogP contribution in [0.15, 0.2) is 36.8 Å². The molecule has 0 bridgehead atoms. The Hall–Kier alpha value is -2.83. The molecule has 1 aromatic carbocycles. The zero-order valence-electron chi connectivity index (χ0n) is 18.3. The Bertz CT molecular complexity index is 828. The van der Waals surface area contributed by atoms with Gasteiger partial charge in [0.1, 0.15) is 5.82 Å². The highest BCUT2D eigenvalue weighted by molar-refractivity contribution is 5.80. The monoisotopic (exact) mass is 412 g/mol. The van der Waals surface area contributed by atoms with Crippen LogP contribution in [0.4, 0.5) is 5.82 Å². The van der Waals surface area contributed by atoms with E-state index < -0.39 is 0 Å². The zero-order valence-corrected chi connectivity index (χ0v) is 18.3. The van der Waals surface area contributed by atoms with E-state index in [0.717, 1.165) is 36.5 Å². The van der Waals surface area contributed by atoms with E-state index in [1.165, 1.54) is 0 Å². The molecule has 7 heteroatoms. The fourth-order valence-electron chi connectivity index (χ4n) is 3.60. The summed E-state index contributed by atoms with van der Waals surface area (Å²) in [5.41, 5.74) is 0.985. The van der Waals surface area contributed by atoms with Gasteiger partial charge >= 0.3 is 0 Å². The molecule has 1 saturated heterocycles. The van der Waals surface area contributed by atoms with Gasteiger partial charge in [-0.15, -0.1) is 0 Å². The van der Waals surface area contributed by atoms with Gasteiger partial charge in [0.15, 0.2) is 11.5 Å². The van der Waals surface area contributed by atoms with Crippen molar-refractivity contribution in [2.24, 2.45) is 11.8 Å². The van der Waals surface area contributed by atoms with Crippen molar-refractivity contribution >= 4 is 11.7 Å². The van der Waals surface area contributed by atoms with Crippen molar-refractivity contribution in [2.75, 3.05) is 31.7 Å². The first-order chi connectivity index (χ1) is 14.5. The molecular formula is C23H32N4O3. The third kappa shape index (κ3) is 5.62. The Labute approximate surface area is 178 Å². The number of amides is 1. The molecule has 1 aromatic heterocycles. The molecule has 2 aromatic rings. The van der Waals surface area contributed by atoms with Gasteiger partial charge in [0, 0.05) is 25.5 Å². The molecule has 2 heterocycles. The number of nitrogens with one attached hydrogen (secondary N) is 1. The van der Waals surface area contributed by atoms with Crippen LogP contribution >= 0.6 is 0 Å². The van der Waals surface area contributed by atoms with Crippen LogP contribution in [0.3, 0.4) is 0 Å². The number of hydrogen-bond donors (Lipinski definition) is 1. The van der Waals surface area contributed by atoms with Crippen LogP contribution in [0.1, 0.15) is 45.2 Å². The number of rotatable bonds is 8. The number of anilines is 1. The van der Waals surface area contributed by atoms with Crippen molar-refractivity contribution in [1.82, 2.24) is 15.3 Å². The average Bonchev–Trinajstić information content (AvgIpc) is 2.78. The molecule has 2 atom stereocenters. The lowest BCUT2D eigenvalue weighted by Crippen LogP contribution is -2.44. The summed E-state index contributed by atoms with van der Waals surface area (Å²) in [6.07, 6.45) is 6.92. The molecule has 1 N–H and O–H groups in total. The summed E-state index contributed by atoms with van der Waals surface area (Å²) < 4.78 is 11.3. The lowest BCUT2D eigenvalue weighted by atomic mass is 9.96. The highest BCUT2D eigenvalue weighted by Crippen LogP contribution is 2.31. The van der Waals surface area contributed by atoms with Crippen molar-refractivity contribution in [3.63, 3.8) is 0 Å². The number of aromatic nitrogens is 2. The van der Waals surface area contributed by atoms with E-state index in [9.17, 15) is 4.79 Å². The molecule has 0 saturated carbocycles. The van der Waals surface area contributed by atoms with Gasteiger partial charge in [-0.25, -0.2) is 4.98 Å². The molecule has 1 amide bonds. The number of carbonyl (C=O) groups is 1. The maximum Gasteiger partial charge on any atom is 0.225 e. The largest absolute Gasteiger partial charge is 0.493 e. The van der Waals surface area contributed by atoms with Crippen LogP contribution in [0.5, 0.6) is 11.5 Å². The number of nitrogens with zero attached hydrogens (tertiary/aromatic N) is 3. The molecular weight excluding hydrogens is 380 g/mol. The summed E-state index contributed by atoms with van der Waals surface area (Å²) in [7, 11) is 1.63. The predicted molar refractivity (Wildman–Crippen MR) is 117 cm³/mol. The summed E-state index contributed by atoms with van der Waals surface area (Å²) >= 11 is 0. The van der Waals surface area contributed by atoms with Gasteiger partial charge in [-0.05, 0) is 43.4 Å². The lowest BCUT2D eigenvalue weighted by molar-refractivity contribution is -0.125. The summed E-state index contributed by atoms with van der Waals surface area (Å²) in [6.45, 7) is 8.39. The van der Waals surface area contributed by atoms with Crippen molar-refractivity contribution in [3.05, 3.63) is 42.4 Å².